The Balaban J connectivity index is 1.85. The number of carboxylic acid groups (broad SMARTS) is 1. The van der Waals surface area contributed by atoms with Gasteiger partial charge in [0, 0.05) is 18.0 Å². The Morgan fingerprint density at radius 1 is 1.07 bits per heavy atom. The monoisotopic (exact) mass is 405 g/mol. The summed E-state index contributed by atoms with van der Waals surface area (Å²) in [6, 6.07) is 14.4. The highest BCUT2D eigenvalue weighted by molar-refractivity contribution is 6.30. The average molecular weight is 406 g/mol. The maximum absolute atomic E-state index is 11.9. The van der Waals surface area contributed by atoms with E-state index < -0.39 is 18.2 Å². The van der Waals surface area contributed by atoms with E-state index in [1.165, 1.54) is 0 Å². The lowest BCUT2D eigenvalue weighted by Crippen LogP contribution is -2.29. The van der Waals surface area contributed by atoms with Crippen molar-refractivity contribution in [1.29, 1.82) is 0 Å². The SMILES string of the molecule is CC(C)O[C@@H](Cc1cccc(CNC(=O)OCc2ccc(Cl)cc2)c1)C(=O)O. The van der Waals surface area contributed by atoms with Crippen molar-refractivity contribution in [3.05, 3.63) is 70.2 Å². The van der Waals surface area contributed by atoms with Gasteiger partial charge in [-0.3, -0.25) is 0 Å². The second-order valence-electron chi connectivity index (χ2n) is 6.59. The van der Waals surface area contributed by atoms with Crippen LogP contribution in [0.4, 0.5) is 4.79 Å². The standard InChI is InChI=1S/C21H24ClNO5/c1-14(2)28-19(20(24)25)11-16-4-3-5-17(10-16)12-23-21(26)27-13-15-6-8-18(22)9-7-15/h3-10,14,19H,11-13H2,1-2H3,(H,23,26)(H,24,25)/t19-/m0/s1. The van der Waals surface area contributed by atoms with Gasteiger partial charge in [-0.05, 0) is 42.7 Å². The topological polar surface area (TPSA) is 84.9 Å². The maximum Gasteiger partial charge on any atom is 0.407 e. The summed E-state index contributed by atoms with van der Waals surface area (Å²) in [5.41, 5.74) is 2.50. The Hall–Kier alpha value is -2.57. The number of carbonyl (C=O) groups excluding carboxylic acids is 1. The molecule has 28 heavy (non-hydrogen) atoms. The number of aliphatic carboxylic acids is 1. The first-order chi connectivity index (χ1) is 13.3. The molecule has 0 unspecified atom stereocenters. The summed E-state index contributed by atoms with van der Waals surface area (Å²) in [6.07, 6.45) is -1.37. The lowest BCUT2D eigenvalue weighted by Gasteiger charge is -2.17. The number of nitrogens with one attached hydrogen (secondary N) is 1. The number of alkyl carbamates (subject to hydrolysis) is 1. The van der Waals surface area contributed by atoms with Gasteiger partial charge in [0.2, 0.25) is 0 Å². The van der Waals surface area contributed by atoms with E-state index in [1.807, 2.05) is 24.3 Å². The minimum Gasteiger partial charge on any atom is -0.479 e. The van der Waals surface area contributed by atoms with Crippen LogP contribution in [0.15, 0.2) is 48.5 Å². The van der Waals surface area contributed by atoms with E-state index in [-0.39, 0.29) is 25.7 Å². The van der Waals surface area contributed by atoms with E-state index in [1.54, 1.807) is 38.1 Å². The van der Waals surface area contributed by atoms with Gasteiger partial charge in [0.15, 0.2) is 6.10 Å². The fraction of sp³-hybridized carbons (Fsp3) is 0.333. The first-order valence-electron chi connectivity index (χ1n) is 8.94. The predicted octanol–water partition coefficient (Wildman–Crippen LogP) is 4.19. The Labute approximate surface area is 169 Å². The highest BCUT2D eigenvalue weighted by Gasteiger charge is 2.20. The molecule has 0 bridgehead atoms. The zero-order valence-electron chi connectivity index (χ0n) is 15.9. The van der Waals surface area contributed by atoms with Crippen LogP contribution in [-0.4, -0.2) is 29.4 Å². The number of hydrogen-bond donors (Lipinski definition) is 2. The molecule has 0 saturated carbocycles. The second kappa shape index (κ2) is 10.7. The number of benzene rings is 2. The molecule has 1 atom stereocenters. The van der Waals surface area contributed by atoms with Gasteiger partial charge in [0.25, 0.3) is 0 Å². The summed E-state index contributed by atoms with van der Waals surface area (Å²) < 4.78 is 10.6. The Morgan fingerprint density at radius 2 is 1.75 bits per heavy atom. The van der Waals surface area contributed by atoms with Gasteiger partial charge < -0.3 is 19.9 Å². The van der Waals surface area contributed by atoms with Crippen LogP contribution in [-0.2, 0) is 33.8 Å². The minimum absolute atomic E-state index is 0.149. The van der Waals surface area contributed by atoms with Gasteiger partial charge in [-0.15, -0.1) is 0 Å². The fourth-order valence-electron chi connectivity index (χ4n) is 2.56. The summed E-state index contributed by atoms with van der Waals surface area (Å²) >= 11 is 5.82. The number of ether oxygens (including phenoxy) is 2. The first-order valence-corrected chi connectivity index (χ1v) is 9.32. The van der Waals surface area contributed by atoms with Crippen molar-refractivity contribution < 1.29 is 24.2 Å². The molecule has 0 aromatic heterocycles. The molecule has 2 N–H and O–H groups in total. The number of carbonyl (C=O) groups is 2. The van der Waals surface area contributed by atoms with Gasteiger partial charge in [-0.2, -0.15) is 0 Å². The van der Waals surface area contributed by atoms with Crippen LogP contribution in [0, 0.1) is 0 Å². The second-order valence-corrected chi connectivity index (χ2v) is 7.03. The van der Waals surface area contributed by atoms with E-state index in [0.29, 0.717) is 5.02 Å². The normalized spacial score (nSPS) is 11.9. The van der Waals surface area contributed by atoms with Crippen molar-refractivity contribution in [2.24, 2.45) is 0 Å². The molecule has 2 aromatic carbocycles. The largest absolute Gasteiger partial charge is 0.479 e. The van der Waals surface area contributed by atoms with Crippen LogP contribution >= 0.6 is 11.6 Å². The molecule has 7 heteroatoms. The van der Waals surface area contributed by atoms with Crippen molar-refractivity contribution in [1.82, 2.24) is 5.32 Å². The Bertz CT molecular complexity index is 792. The smallest absolute Gasteiger partial charge is 0.407 e. The lowest BCUT2D eigenvalue weighted by atomic mass is 10.0. The molecule has 2 rings (SSSR count). The summed E-state index contributed by atoms with van der Waals surface area (Å²) in [5, 5.41) is 12.6. The van der Waals surface area contributed by atoms with Gasteiger partial charge in [0.05, 0.1) is 6.10 Å². The highest BCUT2D eigenvalue weighted by Crippen LogP contribution is 2.12. The van der Waals surface area contributed by atoms with E-state index in [0.717, 1.165) is 16.7 Å². The van der Waals surface area contributed by atoms with E-state index in [9.17, 15) is 14.7 Å². The number of hydrogen-bond acceptors (Lipinski definition) is 4. The number of rotatable bonds is 9. The highest BCUT2D eigenvalue weighted by atomic mass is 35.5. The van der Waals surface area contributed by atoms with Crippen molar-refractivity contribution in [3.63, 3.8) is 0 Å². The molecule has 1 amide bonds. The fourth-order valence-corrected chi connectivity index (χ4v) is 2.68. The average Bonchev–Trinajstić information content (AvgIpc) is 2.65. The summed E-state index contributed by atoms with van der Waals surface area (Å²) in [7, 11) is 0. The van der Waals surface area contributed by atoms with Gasteiger partial charge in [-0.25, -0.2) is 9.59 Å². The number of amides is 1. The third-order valence-electron chi connectivity index (χ3n) is 3.84. The number of carboxylic acids is 1. The van der Waals surface area contributed by atoms with E-state index in [2.05, 4.69) is 5.32 Å². The third kappa shape index (κ3) is 7.58. The van der Waals surface area contributed by atoms with Crippen LogP contribution in [0.25, 0.3) is 0 Å². The molecule has 0 radical (unpaired) electrons. The van der Waals surface area contributed by atoms with Gasteiger partial charge in [-0.1, -0.05) is 48.0 Å². The zero-order valence-corrected chi connectivity index (χ0v) is 16.6. The summed E-state index contributed by atoms with van der Waals surface area (Å²) in [5.74, 6) is -0.997. The minimum atomic E-state index is -0.997. The van der Waals surface area contributed by atoms with Crippen LogP contribution in [0.3, 0.4) is 0 Å². The lowest BCUT2D eigenvalue weighted by molar-refractivity contribution is -0.153. The van der Waals surface area contributed by atoms with Crippen LogP contribution in [0.1, 0.15) is 30.5 Å². The molecule has 6 nitrogen and oxygen atoms in total. The first kappa shape index (κ1) is 21.7. The Kier molecular flexibility index (Phi) is 8.29. The molecule has 2 aromatic rings. The molecule has 0 aliphatic carbocycles. The summed E-state index contributed by atoms with van der Waals surface area (Å²) in [4.78, 5) is 23.2. The molecule has 0 saturated heterocycles. The van der Waals surface area contributed by atoms with Crippen molar-refractivity contribution in [2.75, 3.05) is 0 Å². The van der Waals surface area contributed by atoms with Crippen molar-refractivity contribution in [3.8, 4) is 0 Å². The van der Waals surface area contributed by atoms with Crippen molar-refractivity contribution in [2.45, 2.75) is 45.6 Å². The van der Waals surface area contributed by atoms with Crippen LogP contribution < -0.4 is 5.32 Å². The quantitative estimate of drug-likeness (QED) is 0.653. The zero-order chi connectivity index (χ0) is 20.5. The number of halogens is 1. The molecule has 0 aliphatic heterocycles. The molecular weight excluding hydrogens is 382 g/mol. The molecule has 0 fully saturated rings. The Morgan fingerprint density at radius 3 is 2.39 bits per heavy atom. The third-order valence-corrected chi connectivity index (χ3v) is 4.10. The van der Waals surface area contributed by atoms with Crippen LogP contribution in [0.5, 0.6) is 0 Å². The summed E-state index contributed by atoms with van der Waals surface area (Å²) in [6.45, 7) is 4.02. The van der Waals surface area contributed by atoms with E-state index >= 15 is 0 Å². The van der Waals surface area contributed by atoms with Gasteiger partial charge in [0.1, 0.15) is 6.61 Å². The molecule has 0 spiro atoms. The maximum atomic E-state index is 11.9. The van der Waals surface area contributed by atoms with Gasteiger partial charge >= 0.3 is 12.1 Å². The van der Waals surface area contributed by atoms with Crippen LogP contribution in [0.2, 0.25) is 5.02 Å². The van der Waals surface area contributed by atoms with Crippen molar-refractivity contribution >= 4 is 23.7 Å². The predicted molar refractivity (Wildman–Crippen MR) is 106 cm³/mol. The molecular formula is C21H24ClNO5. The molecule has 150 valence electrons. The molecule has 0 aliphatic rings. The van der Waals surface area contributed by atoms with E-state index in [4.69, 9.17) is 21.1 Å². The molecule has 0 heterocycles.